The number of halogens is 4. The standard InChI is InChI=1S/C14H14F3IN2S/c1-2-7-19-12(9-5-3-4-6-10(9)18)11-8-20-13(21-11)14(15,16)17/h3-6,8,12,19H,2,7H2,1H3. The van der Waals surface area contributed by atoms with Gasteiger partial charge in [0.2, 0.25) is 0 Å². The molecule has 0 aliphatic heterocycles. The number of aromatic nitrogens is 1. The van der Waals surface area contributed by atoms with Gasteiger partial charge in [0.25, 0.3) is 0 Å². The Morgan fingerprint density at radius 3 is 2.62 bits per heavy atom. The molecule has 7 heteroatoms. The molecule has 0 fully saturated rings. The van der Waals surface area contributed by atoms with Gasteiger partial charge < -0.3 is 5.32 Å². The van der Waals surface area contributed by atoms with Crippen LogP contribution in [0.5, 0.6) is 0 Å². The molecule has 1 atom stereocenters. The van der Waals surface area contributed by atoms with E-state index in [4.69, 9.17) is 0 Å². The van der Waals surface area contributed by atoms with Crippen molar-refractivity contribution in [2.24, 2.45) is 0 Å². The molecule has 1 aromatic heterocycles. The zero-order valence-corrected chi connectivity index (χ0v) is 14.2. The van der Waals surface area contributed by atoms with Gasteiger partial charge in [-0.3, -0.25) is 0 Å². The van der Waals surface area contributed by atoms with Gasteiger partial charge in [-0.15, -0.1) is 11.3 Å². The number of thiazole rings is 1. The van der Waals surface area contributed by atoms with Crippen LogP contribution in [0.2, 0.25) is 0 Å². The van der Waals surface area contributed by atoms with Crippen molar-refractivity contribution in [2.75, 3.05) is 6.54 Å². The maximum absolute atomic E-state index is 12.7. The van der Waals surface area contributed by atoms with Gasteiger partial charge in [0, 0.05) is 14.6 Å². The highest BCUT2D eigenvalue weighted by molar-refractivity contribution is 14.1. The fourth-order valence-electron chi connectivity index (χ4n) is 1.91. The average Bonchev–Trinajstić information content (AvgIpc) is 2.91. The van der Waals surface area contributed by atoms with Crippen molar-refractivity contribution in [2.45, 2.75) is 25.6 Å². The third kappa shape index (κ3) is 4.17. The highest BCUT2D eigenvalue weighted by atomic mass is 127. The van der Waals surface area contributed by atoms with Crippen LogP contribution in [0.1, 0.15) is 34.8 Å². The molecule has 1 N–H and O–H groups in total. The zero-order valence-electron chi connectivity index (χ0n) is 11.2. The molecule has 1 aromatic carbocycles. The van der Waals surface area contributed by atoms with Gasteiger partial charge in [-0.05, 0) is 47.2 Å². The Kier molecular flexibility index (Phi) is 5.61. The molecule has 0 bridgehead atoms. The first-order valence-corrected chi connectivity index (χ1v) is 8.33. The van der Waals surface area contributed by atoms with E-state index in [1.54, 1.807) is 0 Å². The van der Waals surface area contributed by atoms with Crippen LogP contribution in [-0.4, -0.2) is 11.5 Å². The zero-order chi connectivity index (χ0) is 15.5. The van der Waals surface area contributed by atoms with Crippen LogP contribution in [0, 0.1) is 3.57 Å². The molecular weight excluding hydrogens is 412 g/mol. The molecule has 2 aromatic rings. The summed E-state index contributed by atoms with van der Waals surface area (Å²) >= 11 is 2.90. The van der Waals surface area contributed by atoms with Crippen LogP contribution in [0.3, 0.4) is 0 Å². The molecule has 0 saturated heterocycles. The summed E-state index contributed by atoms with van der Waals surface area (Å²) in [6.45, 7) is 2.75. The highest BCUT2D eigenvalue weighted by Crippen LogP contribution is 2.36. The third-order valence-electron chi connectivity index (χ3n) is 2.87. The van der Waals surface area contributed by atoms with Crippen molar-refractivity contribution >= 4 is 33.9 Å². The van der Waals surface area contributed by atoms with E-state index in [0.717, 1.165) is 22.1 Å². The van der Waals surface area contributed by atoms with E-state index in [9.17, 15) is 13.2 Å². The van der Waals surface area contributed by atoms with E-state index in [1.807, 2.05) is 31.2 Å². The fraction of sp³-hybridized carbons (Fsp3) is 0.357. The fourth-order valence-corrected chi connectivity index (χ4v) is 3.49. The Bertz CT molecular complexity index is 598. The van der Waals surface area contributed by atoms with Crippen molar-refractivity contribution < 1.29 is 13.2 Å². The second-order valence-corrected chi connectivity index (χ2v) is 6.70. The molecule has 0 saturated carbocycles. The molecular formula is C14H14F3IN2S. The Labute approximate surface area is 138 Å². The summed E-state index contributed by atoms with van der Waals surface area (Å²) < 4.78 is 39.2. The van der Waals surface area contributed by atoms with E-state index in [1.165, 1.54) is 6.20 Å². The monoisotopic (exact) mass is 426 g/mol. The maximum atomic E-state index is 12.7. The van der Waals surface area contributed by atoms with Gasteiger partial charge in [-0.1, -0.05) is 25.1 Å². The predicted octanol–water partition coefficient (Wildman–Crippen LogP) is 4.86. The van der Waals surface area contributed by atoms with Crippen molar-refractivity contribution in [3.8, 4) is 0 Å². The first-order chi connectivity index (χ1) is 9.93. The number of nitrogens with one attached hydrogen (secondary N) is 1. The molecule has 2 nitrogen and oxygen atoms in total. The normalized spacial score (nSPS) is 13.4. The molecule has 1 heterocycles. The van der Waals surface area contributed by atoms with Crippen LogP contribution >= 0.6 is 33.9 Å². The van der Waals surface area contributed by atoms with E-state index in [2.05, 4.69) is 32.9 Å². The topological polar surface area (TPSA) is 24.9 Å². The first kappa shape index (κ1) is 16.7. The van der Waals surface area contributed by atoms with Crippen molar-refractivity contribution in [3.63, 3.8) is 0 Å². The minimum absolute atomic E-state index is 0.258. The maximum Gasteiger partial charge on any atom is 0.443 e. The average molecular weight is 426 g/mol. The minimum atomic E-state index is -4.39. The van der Waals surface area contributed by atoms with Gasteiger partial charge in [-0.2, -0.15) is 13.2 Å². The van der Waals surface area contributed by atoms with E-state index < -0.39 is 11.2 Å². The van der Waals surface area contributed by atoms with Crippen LogP contribution in [0.4, 0.5) is 13.2 Å². The smallest absolute Gasteiger partial charge is 0.306 e. The van der Waals surface area contributed by atoms with Crippen molar-refractivity contribution in [1.29, 1.82) is 0 Å². The molecule has 0 aliphatic carbocycles. The van der Waals surface area contributed by atoms with Crippen molar-refractivity contribution in [1.82, 2.24) is 10.3 Å². The summed E-state index contributed by atoms with van der Waals surface area (Å²) in [7, 11) is 0. The quantitative estimate of drug-likeness (QED) is 0.692. The number of alkyl halides is 3. The number of hydrogen-bond acceptors (Lipinski definition) is 3. The molecule has 114 valence electrons. The van der Waals surface area contributed by atoms with Gasteiger partial charge in [0.15, 0.2) is 5.01 Å². The molecule has 0 aliphatic rings. The third-order valence-corrected chi connectivity index (χ3v) is 4.95. The number of nitrogens with zero attached hydrogens (tertiary/aromatic N) is 1. The Morgan fingerprint density at radius 2 is 2.05 bits per heavy atom. The molecule has 0 radical (unpaired) electrons. The largest absolute Gasteiger partial charge is 0.443 e. The van der Waals surface area contributed by atoms with E-state index in [0.29, 0.717) is 16.2 Å². The van der Waals surface area contributed by atoms with E-state index >= 15 is 0 Å². The second-order valence-electron chi connectivity index (χ2n) is 4.47. The number of benzene rings is 1. The summed E-state index contributed by atoms with van der Waals surface area (Å²) in [6.07, 6.45) is -2.16. The second kappa shape index (κ2) is 7.06. The lowest BCUT2D eigenvalue weighted by Gasteiger charge is -2.18. The van der Waals surface area contributed by atoms with Crippen LogP contribution in [0.25, 0.3) is 0 Å². The van der Waals surface area contributed by atoms with Crippen LogP contribution in [0.15, 0.2) is 30.5 Å². The van der Waals surface area contributed by atoms with Gasteiger partial charge in [0.1, 0.15) is 0 Å². The molecule has 21 heavy (non-hydrogen) atoms. The summed E-state index contributed by atoms with van der Waals surface area (Å²) in [5.74, 6) is 0. The highest BCUT2D eigenvalue weighted by Gasteiger charge is 2.35. The first-order valence-electron chi connectivity index (χ1n) is 6.44. The summed E-state index contributed by atoms with van der Waals surface area (Å²) in [6, 6.07) is 7.43. The van der Waals surface area contributed by atoms with Crippen molar-refractivity contribution in [3.05, 3.63) is 49.5 Å². The Morgan fingerprint density at radius 1 is 1.33 bits per heavy atom. The van der Waals surface area contributed by atoms with Crippen LogP contribution in [-0.2, 0) is 6.18 Å². The Hall–Kier alpha value is -0.670. The lowest BCUT2D eigenvalue weighted by atomic mass is 10.1. The minimum Gasteiger partial charge on any atom is -0.306 e. The molecule has 1 unspecified atom stereocenters. The lowest BCUT2D eigenvalue weighted by Crippen LogP contribution is -2.23. The summed E-state index contributed by atoms with van der Waals surface area (Å²) in [5.41, 5.74) is 0.976. The molecule has 2 rings (SSSR count). The number of hydrogen-bond donors (Lipinski definition) is 1. The molecule has 0 amide bonds. The van der Waals surface area contributed by atoms with Gasteiger partial charge in [0.05, 0.1) is 6.04 Å². The summed E-state index contributed by atoms with van der Waals surface area (Å²) in [4.78, 5) is 4.11. The SMILES string of the molecule is CCCNC(c1cnc(C(F)(F)F)s1)c1ccccc1I. The molecule has 0 spiro atoms. The van der Waals surface area contributed by atoms with Crippen LogP contribution < -0.4 is 5.32 Å². The predicted molar refractivity (Wildman–Crippen MR) is 86.4 cm³/mol. The number of rotatable bonds is 5. The van der Waals surface area contributed by atoms with Gasteiger partial charge >= 0.3 is 6.18 Å². The van der Waals surface area contributed by atoms with E-state index in [-0.39, 0.29) is 6.04 Å². The lowest BCUT2D eigenvalue weighted by molar-refractivity contribution is -0.137. The Balaban J connectivity index is 2.37. The van der Waals surface area contributed by atoms with Gasteiger partial charge in [-0.25, -0.2) is 4.98 Å². The summed E-state index contributed by atoms with van der Waals surface area (Å²) in [5, 5.41) is 2.51.